The number of para-hydroxylation sites is 1. The van der Waals surface area contributed by atoms with E-state index in [0.717, 1.165) is 19.5 Å². The maximum atomic E-state index is 3.42. The summed E-state index contributed by atoms with van der Waals surface area (Å²) in [4.78, 5) is 5.02. The van der Waals surface area contributed by atoms with Crippen LogP contribution in [-0.2, 0) is 19.5 Å². The molecule has 0 saturated heterocycles. The van der Waals surface area contributed by atoms with E-state index in [4.69, 9.17) is 0 Å². The van der Waals surface area contributed by atoms with Crippen molar-refractivity contribution in [3.8, 4) is 0 Å². The third kappa shape index (κ3) is 4.29. The molecule has 1 aromatic heterocycles. The molecule has 4 aromatic rings. The largest absolute Gasteiger partial charge is 0.361 e. The lowest BCUT2D eigenvalue weighted by molar-refractivity contribution is -0.950. The predicted octanol–water partition coefficient (Wildman–Crippen LogP) is 4.38. The Bertz CT molecular complexity index is 931. The number of benzene rings is 3. The Hall–Kier alpha value is -2.84. The summed E-state index contributed by atoms with van der Waals surface area (Å²) in [6.45, 7) is 4.46. The van der Waals surface area contributed by atoms with E-state index in [9.17, 15) is 0 Å². The molecule has 2 heteroatoms. The lowest BCUT2D eigenvalue weighted by Crippen LogP contribution is -3.13. The van der Waals surface area contributed by atoms with Crippen molar-refractivity contribution < 1.29 is 4.90 Å². The average Bonchev–Trinajstić information content (AvgIpc) is 3.12. The first-order valence-electron chi connectivity index (χ1n) is 9.77. The molecule has 0 amide bonds. The van der Waals surface area contributed by atoms with Gasteiger partial charge in [0, 0.05) is 34.6 Å². The van der Waals surface area contributed by atoms with E-state index >= 15 is 0 Å². The van der Waals surface area contributed by atoms with Gasteiger partial charge in [-0.05, 0) is 18.6 Å². The van der Waals surface area contributed by atoms with Crippen molar-refractivity contribution >= 4 is 10.9 Å². The standard InChI is InChI=1S/C25H26N2/c1-20(16-23-17-26-25-15-9-8-14-24(23)25)27(18-21-10-4-2-5-11-21)19-22-12-6-3-7-13-22/h2-15,17,20,26H,16,18-19H2,1H3/p+1/t20-/m0/s1. The van der Waals surface area contributed by atoms with E-state index in [1.165, 1.54) is 27.6 Å². The number of hydrogen-bond acceptors (Lipinski definition) is 0. The minimum absolute atomic E-state index is 0.518. The van der Waals surface area contributed by atoms with Crippen LogP contribution in [0.25, 0.3) is 10.9 Å². The van der Waals surface area contributed by atoms with Crippen LogP contribution in [0.1, 0.15) is 23.6 Å². The molecule has 1 atom stereocenters. The zero-order valence-electron chi connectivity index (χ0n) is 15.9. The average molecular weight is 356 g/mol. The molecule has 2 N–H and O–H groups in total. The number of rotatable bonds is 7. The Kier molecular flexibility index (Phi) is 5.36. The molecule has 136 valence electrons. The maximum Gasteiger partial charge on any atom is 0.103 e. The fraction of sp³-hybridized carbons (Fsp3) is 0.200. The van der Waals surface area contributed by atoms with Gasteiger partial charge in [0.1, 0.15) is 13.1 Å². The zero-order chi connectivity index (χ0) is 18.5. The highest BCUT2D eigenvalue weighted by molar-refractivity contribution is 5.83. The van der Waals surface area contributed by atoms with Gasteiger partial charge in [0.15, 0.2) is 0 Å². The Morgan fingerprint density at radius 3 is 1.93 bits per heavy atom. The van der Waals surface area contributed by atoms with Gasteiger partial charge in [-0.25, -0.2) is 0 Å². The van der Waals surface area contributed by atoms with Gasteiger partial charge in [-0.3, -0.25) is 0 Å². The van der Waals surface area contributed by atoms with Gasteiger partial charge in [0.25, 0.3) is 0 Å². The summed E-state index contributed by atoms with van der Waals surface area (Å²) in [6.07, 6.45) is 3.25. The number of aromatic amines is 1. The van der Waals surface area contributed by atoms with E-state index in [-0.39, 0.29) is 0 Å². The summed E-state index contributed by atoms with van der Waals surface area (Å²) in [5, 5.41) is 1.35. The van der Waals surface area contributed by atoms with Crippen LogP contribution in [0.4, 0.5) is 0 Å². The molecule has 0 aliphatic heterocycles. The third-order valence-electron chi connectivity index (χ3n) is 5.45. The van der Waals surface area contributed by atoms with E-state index in [0.29, 0.717) is 6.04 Å². The number of aromatic nitrogens is 1. The molecule has 1 heterocycles. The van der Waals surface area contributed by atoms with Crippen LogP contribution in [0.3, 0.4) is 0 Å². The maximum absolute atomic E-state index is 3.42. The van der Waals surface area contributed by atoms with Crippen LogP contribution in [0.15, 0.2) is 91.1 Å². The Morgan fingerprint density at radius 1 is 0.741 bits per heavy atom. The van der Waals surface area contributed by atoms with Crippen molar-refractivity contribution in [3.63, 3.8) is 0 Å². The quantitative estimate of drug-likeness (QED) is 0.491. The molecule has 0 radical (unpaired) electrons. The van der Waals surface area contributed by atoms with E-state index in [1.54, 1.807) is 4.90 Å². The van der Waals surface area contributed by atoms with Gasteiger partial charge >= 0.3 is 0 Å². The number of H-pyrrole nitrogens is 1. The predicted molar refractivity (Wildman–Crippen MR) is 113 cm³/mol. The second-order valence-electron chi connectivity index (χ2n) is 7.45. The topological polar surface area (TPSA) is 20.2 Å². The number of quaternary nitrogens is 1. The molecule has 0 unspecified atom stereocenters. The van der Waals surface area contributed by atoms with Crippen LogP contribution in [-0.4, -0.2) is 11.0 Å². The first-order chi connectivity index (χ1) is 13.3. The fourth-order valence-electron chi connectivity index (χ4n) is 3.90. The second-order valence-corrected chi connectivity index (χ2v) is 7.45. The smallest absolute Gasteiger partial charge is 0.103 e. The lowest BCUT2D eigenvalue weighted by atomic mass is 10.0. The Morgan fingerprint density at radius 2 is 1.30 bits per heavy atom. The van der Waals surface area contributed by atoms with Crippen LogP contribution in [0.2, 0.25) is 0 Å². The number of fused-ring (bicyclic) bond motifs is 1. The van der Waals surface area contributed by atoms with Crippen molar-refractivity contribution in [2.24, 2.45) is 0 Å². The summed E-state index contributed by atoms with van der Waals surface area (Å²) in [7, 11) is 0. The normalized spacial score (nSPS) is 12.5. The molecule has 0 aliphatic carbocycles. The molecule has 2 nitrogen and oxygen atoms in total. The van der Waals surface area contributed by atoms with Gasteiger partial charge in [-0.15, -0.1) is 0 Å². The molecule has 0 saturated carbocycles. The number of hydrogen-bond donors (Lipinski definition) is 2. The van der Waals surface area contributed by atoms with E-state index in [2.05, 4.69) is 103 Å². The lowest BCUT2D eigenvalue weighted by Gasteiger charge is -2.26. The van der Waals surface area contributed by atoms with Crippen molar-refractivity contribution in [1.82, 2.24) is 4.98 Å². The molecule has 0 bridgehead atoms. The molecule has 0 fully saturated rings. The van der Waals surface area contributed by atoms with Crippen molar-refractivity contribution in [3.05, 3.63) is 108 Å². The first kappa shape index (κ1) is 17.6. The molecule has 0 aliphatic rings. The highest BCUT2D eigenvalue weighted by atomic mass is 15.1. The summed E-state index contributed by atoms with van der Waals surface area (Å²) < 4.78 is 0. The van der Waals surface area contributed by atoms with Crippen molar-refractivity contribution in [1.29, 1.82) is 0 Å². The SMILES string of the molecule is C[C@@H](Cc1c[nH]c2ccccc12)[NH+](Cc1ccccc1)Cc1ccccc1. The summed E-state index contributed by atoms with van der Waals surface area (Å²) in [6, 6.07) is 30.8. The Labute approximate surface area is 161 Å². The van der Waals surface area contributed by atoms with Crippen LogP contribution < -0.4 is 4.90 Å². The first-order valence-corrected chi connectivity index (χ1v) is 9.77. The minimum atomic E-state index is 0.518. The molecule has 4 rings (SSSR count). The van der Waals surface area contributed by atoms with Crippen LogP contribution in [0.5, 0.6) is 0 Å². The molecule has 3 aromatic carbocycles. The van der Waals surface area contributed by atoms with Crippen LogP contribution >= 0.6 is 0 Å². The monoisotopic (exact) mass is 355 g/mol. The highest BCUT2D eigenvalue weighted by Gasteiger charge is 2.20. The van der Waals surface area contributed by atoms with Gasteiger partial charge in [-0.1, -0.05) is 78.9 Å². The number of nitrogens with one attached hydrogen (secondary N) is 2. The minimum Gasteiger partial charge on any atom is -0.361 e. The molecular weight excluding hydrogens is 328 g/mol. The van der Waals surface area contributed by atoms with Gasteiger partial charge < -0.3 is 9.88 Å². The summed E-state index contributed by atoms with van der Waals surface area (Å²) in [5.41, 5.74) is 5.44. The van der Waals surface area contributed by atoms with E-state index in [1.807, 2.05) is 0 Å². The van der Waals surface area contributed by atoms with E-state index < -0.39 is 0 Å². The third-order valence-corrected chi connectivity index (χ3v) is 5.45. The summed E-state index contributed by atoms with van der Waals surface area (Å²) in [5.74, 6) is 0. The summed E-state index contributed by atoms with van der Waals surface area (Å²) >= 11 is 0. The molecular formula is C25H27N2+. The highest BCUT2D eigenvalue weighted by Crippen LogP contribution is 2.18. The van der Waals surface area contributed by atoms with Crippen molar-refractivity contribution in [2.75, 3.05) is 0 Å². The molecule has 27 heavy (non-hydrogen) atoms. The molecule has 0 spiro atoms. The van der Waals surface area contributed by atoms with Gasteiger partial charge in [0.05, 0.1) is 6.04 Å². The van der Waals surface area contributed by atoms with Gasteiger partial charge in [-0.2, -0.15) is 0 Å². The zero-order valence-corrected chi connectivity index (χ0v) is 15.9. The fourth-order valence-corrected chi connectivity index (χ4v) is 3.90. The van der Waals surface area contributed by atoms with Crippen LogP contribution in [0, 0.1) is 0 Å². The second kappa shape index (κ2) is 8.24. The van der Waals surface area contributed by atoms with Gasteiger partial charge in [0.2, 0.25) is 0 Å². The van der Waals surface area contributed by atoms with Crippen molar-refractivity contribution in [2.45, 2.75) is 32.5 Å². The Balaban J connectivity index is 1.56.